The molecular weight excluding hydrogens is 480 g/mol. The van der Waals surface area contributed by atoms with Crippen LogP contribution in [0.3, 0.4) is 0 Å². The van der Waals surface area contributed by atoms with E-state index in [1.165, 1.54) is 5.56 Å². The van der Waals surface area contributed by atoms with Gasteiger partial charge in [-0.15, -0.1) is 0 Å². The molecule has 38 heavy (non-hydrogen) atoms. The second-order valence-electron chi connectivity index (χ2n) is 9.02. The summed E-state index contributed by atoms with van der Waals surface area (Å²) in [7, 11) is 6.45. The van der Waals surface area contributed by atoms with Crippen LogP contribution in [0.1, 0.15) is 49.3 Å². The molecule has 0 aliphatic rings. The summed E-state index contributed by atoms with van der Waals surface area (Å²) in [5.74, 6) is 2.61. The molecule has 0 aliphatic carbocycles. The summed E-state index contributed by atoms with van der Waals surface area (Å²) in [6.45, 7) is 2.05. The third-order valence-corrected chi connectivity index (χ3v) is 6.34. The number of allylic oxidation sites excluding steroid dienone is 1. The number of methoxy groups -OCH3 is 4. The lowest BCUT2D eigenvalue weighted by atomic mass is 9.95. The third-order valence-electron chi connectivity index (χ3n) is 6.34. The molecule has 3 aromatic rings. The molecule has 1 amide bonds. The number of hydrogen-bond donors (Lipinski definition) is 1. The molecule has 7 nitrogen and oxygen atoms in total. The van der Waals surface area contributed by atoms with Crippen LogP contribution >= 0.6 is 0 Å². The predicted octanol–water partition coefficient (Wildman–Crippen LogP) is 5.86. The molecule has 0 bridgehead atoms. The zero-order valence-electron chi connectivity index (χ0n) is 23.0. The first-order valence-corrected chi connectivity index (χ1v) is 12.8. The van der Waals surface area contributed by atoms with Gasteiger partial charge >= 0.3 is 0 Å². The van der Waals surface area contributed by atoms with Crippen molar-refractivity contribution < 1.29 is 23.7 Å². The van der Waals surface area contributed by atoms with Crippen LogP contribution < -0.4 is 24.3 Å². The zero-order valence-corrected chi connectivity index (χ0v) is 23.0. The number of rotatable bonds is 14. The van der Waals surface area contributed by atoms with Crippen molar-refractivity contribution in [3.63, 3.8) is 0 Å². The van der Waals surface area contributed by atoms with E-state index >= 15 is 0 Å². The summed E-state index contributed by atoms with van der Waals surface area (Å²) in [4.78, 5) is 16.8. The first-order valence-electron chi connectivity index (χ1n) is 12.8. The van der Waals surface area contributed by atoms with E-state index in [0.717, 1.165) is 36.0 Å². The van der Waals surface area contributed by atoms with E-state index in [2.05, 4.69) is 29.4 Å². The Hall–Kier alpha value is -4.00. The van der Waals surface area contributed by atoms with Crippen molar-refractivity contribution in [2.45, 2.75) is 45.1 Å². The average Bonchev–Trinajstić information content (AvgIpc) is 2.95. The van der Waals surface area contributed by atoms with Crippen LogP contribution in [0.25, 0.3) is 5.57 Å². The summed E-state index contributed by atoms with van der Waals surface area (Å²) >= 11 is 0. The highest BCUT2D eigenvalue weighted by Crippen LogP contribution is 2.36. The van der Waals surface area contributed by atoms with Crippen LogP contribution in [-0.4, -0.2) is 45.4 Å². The van der Waals surface area contributed by atoms with E-state index in [-0.39, 0.29) is 11.9 Å². The smallest absolute Gasteiger partial charge is 0.220 e. The van der Waals surface area contributed by atoms with Gasteiger partial charge in [0.15, 0.2) is 23.0 Å². The van der Waals surface area contributed by atoms with Crippen LogP contribution in [0.15, 0.2) is 67.0 Å². The fraction of sp³-hybridized carbons (Fsp3) is 0.355. The van der Waals surface area contributed by atoms with Gasteiger partial charge in [-0.2, -0.15) is 0 Å². The number of amides is 1. The predicted molar refractivity (Wildman–Crippen MR) is 150 cm³/mol. The van der Waals surface area contributed by atoms with E-state index in [1.54, 1.807) is 34.6 Å². The molecular formula is C31H38N2O5. The Morgan fingerprint density at radius 1 is 0.895 bits per heavy atom. The molecule has 7 heteroatoms. The summed E-state index contributed by atoms with van der Waals surface area (Å²) < 4.78 is 21.9. The molecule has 0 saturated heterocycles. The number of benzene rings is 2. The monoisotopic (exact) mass is 518 g/mol. The van der Waals surface area contributed by atoms with Gasteiger partial charge in [-0.25, -0.2) is 0 Å². The number of aromatic nitrogens is 1. The van der Waals surface area contributed by atoms with Gasteiger partial charge in [-0.3, -0.25) is 9.78 Å². The molecule has 2 aromatic carbocycles. The molecule has 0 radical (unpaired) electrons. The molecule has 1 N–H and O–H groups in total. The molecule has 0 fully saturated rings. The highest BCUT2D eigenvalue weighted by molar-refractivity contribution is 5.83. The minimum Gasteiger partial charge on any atom is -0.493 e. The van der Waals surface area contributed by atoms with Crippen LogP contribution in [-0.2, 0) is 11.2 Å². The number of ether oxygens (including phenoxy) is 4. The Morgan fingerprint density at radius 2 is 1.50 bits per heavy atom. The Labute approximate surface area is 225 Å². The fourth-order valence-electron chi connectivity index (χ4n) is 4.34. The van der Waals surface area contributed by atoms with Gasteiger partial charge in [0.25, 0.3) is 0 Å². The van der Waals surface area contributed by atoms with Gasteiger partial charge in [-0.1, -0.05) is 24.3 Å². The van der Waals surface area contributed by atoms with Crippen molar-refractivity contribution in [1.82, 2.24) is 10.3 Å². The van der Waals surface area contributed by atoms with Crippen LogP contribution in [0.4, 0.5) is 0 Å². The van der Waals surface area contributed by atoms with Crippen molar-refractivity contribution in [2.24, 2.45) is 0 Å². The van der Waals surface area contributed by atoms with E-state index in [0.29, 0.717) is 35.8 Å². The minimum absolute atomic E-state index is 0.0362. The molecule has 1 atom stereocenters. The highest BCUT2D eigenvalue weighted by atomic mass is 16.5. The summed E-state index contributed by atoms with van der Waals surface area (Å²) in [6.07, 6.45) is 9.58. The maximum atomic E-state index is 12.7. The number of nitrogens with zero attached hydrogens (tertiary/aromatic N) is 1. The number of aryl methyl sites for hydroxylation is 1. The van der Waals surface area contributed by atoms with Gasteiger partial charge in [0.05, 0.1) is 28.4 Å². The van der Waals surface area contributed by atoms with Crippen molar-refractivity contribution in [3.05, 3.63) is 83.7 Å². The van der Waals surface area contributed by atoms with Gasteiger partial charge in [-0.05, 0) is 85.2 Å². The lowest BCUT2D eigenvalue weighted by Gasteiger charge is -2.16. The molecule has 1 aromatic heterocycles. The number of nitrogens with one attached hydrogen (secondary N) is 1. The van der Waals surface area contributed by atoms with Crippen LogP contribution in [0, 0.1) is 0 Å². The first kappa shape index (κ1) is 28.6. The molecule has 0 aliphatic heterocycles. The quantitative estimate of drug-likeness (QED) is 0.288. The number of carbonyl (C=O) groups excluding carboxylic acids is 1. The van der Waals surface area contributed by atoms with Crippen molar-refractivity contribution in [2.75, 3.05) is 28.4 Å². The Morgan fingerprint density at radius 3 is 2.03 bits per heavy atom. The minimum atomic E-state index is 0.0362. The standard InChI is InChI=1S/C31H38N2O5/c1-22(9-6-10-23-11-8-18-32-21-23)33-31(34)13-7-12-26(24-14-16-27(35-2)29(19-24)37-4)25-15-17-28(36-3)30(20-25)38-5/h8,11-12,14-22H,6-7,9-10,13H2,1-5H3,(H,33,34)/t22-/m1/s1. The molecule has 0 saturated carbocycles. The molecule has 3 rings (SSSR count). The van der Waals surface area contributed by atoms with Gasteiger partial charge in [0.1, 0.15) is 0 Å². The maximum absolute atomic E-state index is 12.7. The van der Waals surface area contributed by atoms with Gasteiger partial charge in [0, 0.05) is 24.9 Å². The van der Waals surface area contributed by atoms with Crippen molar-refractivity contribution in [1.29, 1.82) is 0 Å². The van der Waals surface area contributed by atoms with Crippen LogP contribution in [0.2, 0.25) is 0 Å². The summed E-state index contributed by atoms with van der Waals surface area (Å²) in [5.41, 5.74) is 4.07. The average molecular weight is 519 g/mol. The topological polar surface area (TPSA) is 78.9 Å². The molecule has 1 heterocycles. The SMILES string of the molecule is COc1ccc(C(=CCCC(=O)N[C@H](C)CCCc2cccnc2)c2ccc(OC)c(OC)c2)cc1OC. The normalized spacial score (nSPS) is 11.3. The lowest BCUT2D eigenvalue weighted by Crippen LogP contribution is -2.32. The second-order valence-corrected chi connectivity index (χ2v) is 9.02. The Bertz CT molecular complexity index is 1150. The number of carbonyl (C=O) groups is 1. The first-order chi connectivity index (χ1) is 18.5. The fourth-order valence-corrected chi connectivity index (χ4v) is 4.34. The summed E-state index contributed by atoms with van der Waals surface area (Å²) in [6, 6.07) is 15.7. The van der Waals surface area contributed by atoms with Gasteiger partial charge in [0.2, 0.25) is 5.91 Å². The lowest BCUT2D eigenvalue weighted by molar-refractivity contribution is -0.121. The largest absolute Gasteiger partial charge is 0.493 e. The van der Waals surface area contributed by atoms with Crippen LogP contribution in [0.5, 0.6) is 23.0 Å². The van der Waals surface area contributed by atoms with E-state index in [9.17, 15) is 4.79 Å². The Balaban J connectivity index is 1.70. The maximum Gasteiger partial charge on any atom is 0.220 e. The summed E-state index contributed by atoms with van der Waals surface area (Å²) in [5, 5.41) is 3.13. The van der Waals surface area contributed by atoms with Gasteiger partial charge < -0.3 is 24.3 Å². The number of pyridine rings is 1. The van der Waals surface area contributed by atoms with Crippen molar-refractivity contribution >= 4 is 11.5 Å². The highest BCUT2D eigenvalue weighted by Gasteiger charge is 2.14. The molecule has 0 spiro atoms. The van der Waals surface area contributed by atoms with E-state index < -0.39 is 0 Å². The zero-order chi connectivity index (χ0) is 27.3. The molecule has 202 valence electrons. The molecule has 0 unspecified atom stereocenters. The van der Waals surface area contributed by atoms with Crippen molar-refractivity contribution in [3.8, 4) is 23.0 Å². The van der Waals surface area contributed by atoms with E-state index in [1.807, 2.05) is 48.7 Å². The third kappa shape index (κ3) is 8.00. The number of hydrogen-bond acceptors (Lipinski definition) is 6. The second kappa shape index (κ2) is 14.7. The Kier molecular flexibility index (Phi) is 11.0. The van der Waals surface area contributed by atoms with E-state index in [4.69, 9.17) is 18.9 Å².